The van der Waals surface area contributed by atoms with E-state index in [0.717, 1.165) is 0 Å². The molecule has 0 aliphatic carbocycles. The van der Waals surface area contributed by atoms with Crippen LogP contribution in [0.4, 0.5) is 0 Å². The van der Waals surface area contributed by atoms with Crippen LogP contribution >= 0.6 is 27.5 Å². The number of nitrogens with zero attached hydrogens (tertiary/aromatic N) is 2. The molecule has 1 aromatic heterocycles. The lowest BCUT2D eigenvalue weighted by Crippen LogP contribution is -1.95. The maximum Gasteiger partial charge on any atom is 0.281 e. The highest BCUT2D eigenvalue weighted by atomic mass is 79.9. The molecule has 94 valence electrons. The van der Waals surface area contributed by atoms with Gasteiger partial charge in [0.1, 0.15) is 0 Å². The normalized spacial score (nSPS) is 10.2. The van der Waals surface area contributed by atoms with Crippen LogP contribution in [-0.2, 0) is 0 Å². The van der Waals surface area contributed by atoms with E-state index in [-0.39, 0.29) is 16.8 Å². The van der Waals surface area contributed by atoms with Crippen molar-refractivity contribution in [3.63, 3.8) is 0 Å². The van der Waals surface area contributed by atoms with Gasteiger partial charge in [-0.3, -0.25) is 0 Å². The van der Waals surface area contributed by atoms with Crippen molar-refractivity contribution < 1.29 is 14.6 Å². The van der Waals surface area contributed by atoms with Gasteiger partial charge >= 0.3 is 0 Å². The summed E-state index contributed by atoms with van der Waals surface area (Å²) in [6.07, 6.45) is 0. The first-order chi connectivity index (χ1) is 8.61. The van der Waals surface area contributed by atoms with Gasteiger partial charge < -0.3 is 14.6 Å². The van der Waals surface area contributed by atoms with Crippen LogP contribution in [0.2, 0.25) is 5.15 Å². The zero-order valence-electron chi connectivity index (χ0n) is 9.22. The summed E-state index contributed by atoms with van der Waals surface area (Å²) in [5.41, 5.74) is 0. The molecule has 1 heterocycles. The standard InChI is InChI=1S/C11H8BrClN2O3/c1-17-8-4-2-3-6(12)10(8)18-11-7(16)5-9(13)14-15-11/h2-5H,1H3,(H,14,16). The first kappa shape index (κ1) is 12.9. The second-order valence-electron chi connectivity index (χ2n) is 3.23. The third kappa shape index (κ3) is 2.65. The number of halogens is 2. The monoisotopic (exact) mass is 330 g/mol. The number of benzene rings is 1. The minimum atomic E-state index is -0.201. The fourth-order valence-corrected chi connectivity index (χ4v) is 1.84. The van der Waals surface area contributed by atoms with E-state index in [1.54, 1.807) is 18.2 Å². The van der Waals surface area contributed by atoms with Crippen molar-refractivity contribution in [2.75, 3.05) is 7.11 Å². The van der Waals surface area contributed by atoms with Crippen molar-refractivity contribution in [1.82, 2.24) is 10.2 Å². The lowest BCUT2D eigenvalue weighted by molar-refractivity contribution is 0.354. The fourth-order valence-electron chi connectivity index (χ4n) is 1.27. The van der Waals surface area contributed by atoms with E-state index in [1.807, 2.05) is 0 Å². The van der Waals surface area contributed by atoms with Crippen molar-refractivity contribution in [1.29, 1.82) is 0 Å². The Labute approximate surface area is 116 Å². The van der Waals surface area contributed by atoms with E-state index in [4.69, 9.17) is 21.1 Å². The third-order valence-electron chi connectivity index (χ3n) is 2.06. The maximum atomic E-state index is 9.64. The lowest BCUT2D eigenvalue weighted by atomic mass is 10.3. The van der Waals surface area contributed by atoms with Crippen LogP contribution in [0.3, 0.4) is 0 Å². The highest BCUT2D eigenvalue weighted by molar-refractivity contribution is 9.10. The summed E-state index contributed by atoms with van der Waals surface area (Å²) >= 11 is 8.91. The molecule has 0 atom stereocenters. The zero-order valence-corrected chi connectivity index (χ0v) is 11.6. The molecular formula is C11H8BrClN2O3. The van der Waals surface area contributed by atoms with Crippen molar-refractivity contribution in [2.24, 2.45) is 0 Å². The minimum Gasteiger partial charge on any atom is -0.503 e. The number of para-hydroxylation sites is 1. The molecule has 7 heteroatoms. The smallest absolute Gasteiger partial charge is 0.281 e. The molecule has 0 saturated carbocycles. The maximum absolute atomic E-state index is 9.64. The molecule has 0 bridgehead atoms. The molecule has 0 spiro atoms. The van der Waals surface area contributed by atoms with Crippen LogP contribution in [0, 0.1) is 0 Å². The molecule has 1 N–H and O–H groups in total. The van der Waals surface area contributed by atoms with Crippen molar-refractivity contribution in [3.8, 4) is 23.1 Å². The van der Waals surface area contributed by atoms with Gasteiger partial charge in [0.25, 0.3) is 5.88 Å². The fraction of sp³-hybridized carbons (Fsp3) is 0.0909. The SMILES string of the molecule is COc1cccc(Br)c1Oc1nnc(Cl)cc1O. The molecule has 0 aliphatic rings. The largest absolute Gasteiger partial charge is 0.503 e. The van der Waals surface area contributed by atoms with Gasteiger partial charge in [-0.15, -0.1) is 10.2 Å². The van der Waals surface area contributed by atoms with E-state index in [2.05, 4.69) is 26.1 Å². The molecular weight excluding hydrogens is 323 g/mol. The van der Waals surface area contributed by atoms with Crippen LogP contribution in [0.5, 0.6) is 23.1 Å². The van der Waals surface area contributed by atoms with Gasteiger partial charge in [0.05, 0.1) is 11.6 Å². The third-order valence-corrected chi connectivity index (χ3v) is 2.87. The Morgan fingerprint density at radius 1 is 1.33 bits per heavy atom. The Bertz CT molecular complexity index is 580. The van der Waals surface area contributed by atoms with E-state index in [0.29, 0.717) is 16.0 Å². The topological polar surface area (TPSA) is 64.5 Å². The number of methoxy groups -OCH3 is 1. The quantitative estimate of drug-likeness (QED) is 0.934. The Hall–Kier alpha value is -1.53. The molecule has 0 amide bonds. The van der Waals surface area contributed by atoms with Crippen molar-refractivity contribution in [2.45, 2.75) is 0 Å². The molecule has 5 nitrogen and oxygen atoms in total. The van der Waals surface area contributed by atoms with Gasteiger partial charge in [0, 0.05) is 6.07 Å². The van der Waals surface area contributed by atoms with Gasteiger partial charge in [-0.1, -0.05) is 17.7 Å². The molecule has 1 aromatic carbocycles. The zero-order chi connectivity index (χ0) is 13.1. The van der Waals surface area contributed by atoms with Gasteiger partial charge in [0.2, 0.25) is 0 Å². The summed E-state index contributed by atoms with van der Waals surface area (Å²) in [6, 6.07) is 6.54. The average molecular weight is 332 g/mol. The Balaban J connectivity index is 2.39. The minimum absolute atomic E-state index is 0.0513. The number of ether oxygens (including phenoxy) is 2. The van der Waals surface area contributed by atoms with Crippen LogP contribution in [0.15, 0.2) is 28.7 Å². The number of hydrogen-bond donors (Lipinski definition) is 1. The average Bonchev–Trinajstić information content (AvgIpc) is 2.34. The number of rotatable bonds is 3. The summed E-state index contributed by atoms with van der Waals surface area (Å²) in [6.45, 7) is 0. The Kier molecular flexibility index (Phi) is 3.88. The summed E-state index contributed by atoms with van der Waals surface area (Å²) in [7, 11) is 1.52. The molecule has 0 fully saturated rings. The van der Waals surface area contributed by atoms with E-state index < -0.39 is 0 Å². The van der Waals surface area contributed by atoms with Crippen LogP contribution in [0.1, 0.15) is 0 Å². The number of hydrogen-bond acceptors (Lipinski definition) is 5. The molecule has 0 saturated heterocycles. The van der Waals surface area contributed by atoms with Gasteiger partial charge in [-0.05, 0) is 28.1 Å². The molecule has 0 aliphatic heterocycles. The summed E-state index contributed by atoms with van der Waals surface area (Å²) in [5, 5.41) is 17.0. The first-order valence-electron chi connectivity index (χ1n) is 4.84. The summed E-state index contributed by atoms with van der Waals surface area (Å²) in [5.74, 6) is 0.643. The first-order valence-corrected chi connectivity index (χ1v) is 6.01. The van der Waals surface area contributed by atoms with E-state index in [1.165, 1.54) is 13.2 Å². The molecule has 2 aromatic rings. The van der Waals surface area contributed by atoms with Crippen LogP contribution < -0.4 is 9.47 Å². The van der Waals surface area contributed by atoms with Gasteiger partial charge in [-0.2, -0.15) is 0 Å². The Morgan fingerprint density at radius 2 is 2.11 bits per heavy atom. The van der Waals surface area contributed by atoms with E-state index in [9.17, 15) is 5.11 Å². The van der Waals surface area contributed by atoms with Crippen LogP contribution in [-0.4, -0.2) is 22.4 Å². The van der Waals surface area contributed by atoms with E-state index >= 15 is 0 Å². The van der Waals surface area contributed by atoms with Gasteiger partial charge in [0.15, 0.2) is 22.4 Å². The Morgan fingerprint density at radius 3 is 2.78 bits per heavy atom. The number of aromatic hydroxyl groups is 1. The highest BCUT2D eigenvalue weighted by Gasteiger charge is 2.14. The van der Waals surface area contributed by atoms with Gasteiger partial charge in [-0.25, -0.2) is 0 Å². The summed E-state index contributed by atoms with van der Waals surface area (Å²) < 4.78 is 11.3. The highest BCUT2D eigenvalue weighted by Crippen LogP contribution is 2.39. The second-order valence-corrected chi connectivity index (χ2v) is 4.47. The van der Waals surface area contributed by atoms with Crippen molar-refractivity contribution in [3.05, 3.63) is 33.9 Å². The predicted octanol–water partition coefficient (Wildman–Crippen LogP) is 3.40. The number of aromatic nitrogens is 2. The van der Waals surface area contributed by atoms with Crippen LogP contribution in [0.25, 0.3) is 0 Å². The summed E-state index contributed by atoms with van der Waals surface area (Å²) in [4.78, 5) is 0. The molecule has 0 radical (unpaired) electrons. The molecule has 18 heavy (non-hydrogen) atoms. The molecule has 2 rings (SSSR count). The van der Waals surface area contributed by atoms with Crippen molar-refractivity contribution >= 4 is 27.5 Å². The second kappa shape index (κ2) is 5.41. The molecule has 0 unspecified atom stereocenters. The predicted molar refractivity (Wildman–Crippen MR) is 69.5 cm³/mol. The lowest BCUT2D eigenvalue weighted by Gasteiger charge is -2.11.